The van der Waals surface area contributed by atoms with E-state index < -0.39 is 23.7 Å². The third-order valence-electron chi connectivity index (χ3n) is 4.16. The quantitative estimate of drug-likeness (QED) is 0.715. The zero-order chi connectivity index (χ0) is 19.5. The van der Waals surface area contributed by atoms with E-state index in [0.717, 1.165) is 11.8 Å². The molecule has 142 valence electrons. The van der Waals surface area contributed by atoms with Gasteiger partial charge in [0.15, 0.2) is 23.1 Å². The maximum absolute atomic E-state index is 14.2. The fraction of sp³-hybridized carbons (Fsp3) is 0.158. The number of aromatic nitrogens is 3. The average molecular weight is 381 g/mol. The summed E-state index contributed by atoms with van der Waals surface area (Å²) in [7, 11) is 0. The highest BCUT2D eigenvalue weighted by Gasteiger charge is 2.29. The number of nitrogens with zero attached hydrogens (tertiary/aromatic N) is 3. The zero-order valence-electron chi connectivity index (χ0n) is 14.6. The van der Waals surface area contributed by atoms with E-state index in [1.165, 1.54) is 10.9 Å². The van der Waals surface area contributed by atoms with E-state index in [9.17, 15) is 14.0 Å². The van der Waals surface area contributed by atoms with Crippen molar-refractivity contribution in [1.82, 2.24) is 20.1 Å². The number of ether oxygens (including phenoxy) is 1. The van der Waals surface area contributed by atoms with Crippen LogP contribution < -0.4 is 15.4 Å². The van der Waals surface area contributed by atoms with Crippen LogP contribution in [0.15, 0.2) is 54.9 Å². The first-order valence-corrected chi connectivity index (χ1v) is 8.56. The number of anilines is 1. The molecular weight excluding hydrogens is 365 g/mol. The number of carbonyl (C=O) groups is 2. The molecule has 4 rings (SSSR count). The van der Waals surface area contributed by atoms with E-state index in [-0.39, 0.29) is 18.1 Å². The lowest BCUT2D eigenvalue weighted by atomic mass is 10.2. The van der Waals surface area contributed by atoms with E-state index in [1.54, 1.807) is 12.1 Å². The molecular formula is C19H16FN5O3. The smallest absolute Gasteiger partial charge is 0.275 e. The topological polar surface area (TPSA) is 98.1 Å². The minimum Gasteiger partial charge on any atom is -0.487 e. The third-order valence-corrected chi connectivity index (χ3v) is 4.16. The molecule has 0 radical (unpaired) electrons. The van der Waals surface area contributed by atoms with Gasteiger partial charge in [-0.2, -0.15) is 5.10 Å². The standard InChI is InChI=1S/C19H16FN5O3/c20-13-10-25(9-12-5-2-1-3-6-12)24-16(13)19(27)22-14-11-28-15-7-4-8-21-17(15)23-18(14)26/h1-8,10,14H,9,11H2,(H,22,27)(H,21,23,26). The van der Waals surface area contributed by atoms with Gasteiger partial charge in [-0.1, -0.05) is 30.3 Å². The molecule has 3 heterocycles. The van der Waals surface area contributed by atoms with Gasteiger partial charge in [0, 0.05) is 6.20 Å². The Morgan fingerprint density at radius 3 is 2.93 bits per heavy atom. The van der Waals surface area contributed by atoms with E-state index in [1.807, 2.05) is 30.3 Å². The molecule has 0 bridgehead atoms. The maximum atomic E-state index is 14.2. The second kappa shape index (κ2) is 7.47. The largest absolute Gasteiger partial charge is 0.487 e. The molecule has 0 fully saturated rings. The fourth-order valence-electron chi connectivity index (χ4n) is 2.79. The Labute approximate surface area is 159 Å². The number of benzene rings is 1. The minimum absolute atomic E-state index is 0.109. The summed E-state index contributed by atoms with van der Waals surface area (Å²) >= 11 is 0. The van der Waals surface area contributed by atoms with Crippen LogP contribution in [0.25, 0.3) is 0 Å². The summed E-state index contributed by atoms with van der Waals surface area (Å²) in [6, 6.07) is 11.6. The summed E-state index contributed by atoms with van der Waals surface area (Å²) in [6.45, 7) is 0.210. The molecule has 3 aromatic rings. The number of hydrogen-bond acceptors (Lipinski definition) is 5. The average Bonchev–Trinajstić information content (AvgIpc) is 2.98. The van der Waals surface area contributed by atoms with Gasteiger partial charge >= 0.3 is 0 Å². The van der Waals surface area contributed by atoms with Crippen molar-refractivity contribution in [3.8, 4) is 5.75 Å². The monoisotopic (exact) mass is 381 g/mol. The van der Waals surface area contributed by atoms with E-state index >= 15 is 0 Å². The SMILES string of the molecule is O=C(NC1COc2cccnc2NC1=O)c1nn(Cc2ccccc2)cc1F. The Morgan fingerprint density at radius 2 is 2.11 bits per heavy atom. The molecule has 1 unspecified atom stereocenters. The summed E-state index contributed by atoms with van der Waals surface area (Å²) < 4.78 is 21.1. The van der Waals surface area contributed by atoms with Crippen LogP contribution in [-0.4, -0.2) is 39.2 Å². The van der Waals surface area contributed by atoms with Gasteiger partial charge in [0.2, 0.25) is 0 Å². The molecule has 8 nitrogen and oxygen atoms in total. The highest BCUT2D eigenvalue weighted by Crippen LogP contribution is 2.23. The molecule has 1 aliphatic rings. The van der Waals surface area contributed by atoms with Crippen molar-refractivity contribution in [2.75, 3.05) is 11.9 Å². The predicted octanol–water partition coefficient (Wildman–Crippen LogP) is 1.59. The molecule has 0 spiro atoms. The van der Waals surface area contributed by atoms with E-state index in [2.05, 4.69) is 20.7 Å². The van der Waals surface area contributed by atoms with Crippen LogP contribution >= 0.6 is 0 Å². The van der Waals surface area contributed by atoms with Crippen LogP contribution in [0.3, 0.4) is 0 Å². The van der Waals surface area contributed by atoms with Crippen molar-refractivity contribution in [1.29, 1.82) is 0 Å². The molecule has 0 aliphatic carbocycles. The number of halogens is 1. The van der Waals surface area contributed by atoms with Gasteiger partial charge in [0.05, 0.1) is 12.7 Å². The van der Waals surface area contributed by atoms with Gasteiger partial charge in [-0.15, -0.1) is 0 Å². The lowest BCUT2D eigenvalue weighted by Crippen LogP contribution is -2.46. The number of rotatable bonds is 4. The Bertz CT molecular complexity index is 1020. The summed E-state index contributed by atoms with van der Waals surface area (Å²) in [4.78, 5) is 28.8. The number of fused-ring (bicyclic) bond motifs is 1. The highest BCUT2D eigenvalue weighted by molar-refractivity contribution is 6.01. The summed E-state index contributed by atoms with van der Waals surface area (Å²) in [5, 5.41) is 9.03. The van der Waals surface area contributed by atoms with Crippen LogP contribution in [0, 0.1) is 5.82 Å². The zero-order valence-corrected chi connectivity index (χ0v) is 14.6. The number of nitrogens with one attached hydrogen (secondary N) is 2. The molecule has 2 aromatic heterocycles. The molecule has 0 saturated carbocycles. The van der Waals surface area contributed by atoms with Crippen LogP contribution in [0.2, 0.25) is 0 Å². The lowest BCUT2D eigenvalue weighted by Gasteiger charge is -2.13. The Balaban J connectivity index is 1.46. The number of pyridine rings is 1. The fourth-order valence-corrected chi connectivity index (χ4v) is 2.79. The van der Waals surface area contributed by atoms with Crippen LogP contribution in [0.5, 0.6) is 5.75 Å². The normalized spacial score (nSPS) is 15.8. The summed E-state index contributed by atoms with van der Waals surface area (Å²) in [6.07, 6.45) is 2.65. The molecule has 0 saturated heterocycles. The van der Waals surface area contributed by atoms with Crippen molar-refractivity contribution in [3.05, 3.63) is 71.9 Å². The van der Waals surface area contributed by atoms with Crippen molar-refractivity contribution < 1.29 is 18.7 Å². The first-order chi connectivity index (χ1) is 13.6. The van der Waals surface area contributed by atoms with Crippen LogP contribution in [0.1, 0.15) is 16.1 Å². The molecule has 28 heavy (non-hydrogen) atoms. The van der Waals surface area contributed by atoms with Gasteiger partial charge in [-0.05, 0) is 17.7 Å². The van der Waals surface area contributed by atoms with Gasteiger partial charge < -0.3 is 15.4 Å². The second-order valence-electron chi connectivity index (χ2n) is 6.19. The minimum atomic E-state index is -1.01. The Hall–Kier alpha value is -3.75. The maximum Gasteiger partial charge on any atom is 0.275 e. The molecule has 1 atom stereocenters. The second-order valence-corrected chi connectivity index (χ2v) is 6.19. The predicted molar refractivity (Wildman–Crippen MR) is 97.3 cm³/mol. The Morgan fingerprint density at radius 1 is 1.29 bits per heavy atom. The number of amides is 2. The van der Waals surface area contributed by atoms with Crippen molar-refractivity contribution in [3.63, 3.8) is 0 Å². The van der Waals surface area contributed by atoms with Gasteiger partial charge in [0.25, 0.3) is 11.8 Å². The molecule has 9 heteroatoms. The van der Waals surface area contributed by atoms with Gasteiger partial charge in [-0.3, -0.25) is 14.3 Å². The molecule has 1 aromatic carbocycles. The summed E-state index contributed by atoms with van der Waals surface area (Å²) in [5.74, 6) is -1.41. The van der Waals surface area contributed by atoms with Gasteiger partial charge in [-0.25, -0.2) is 9.37 Å². The van der Waals surface area contributed by atoms with Crippen molar-refractivity contribution >= 4 is 17.6 Å². The third kappa shape index (κ3) is 3.68. The van der Waals surface area contributed by atoms with E-state index in [4.69, 9.17) is 4.74 Å². The van der Waals surface area contributed by atoms with Crippen LogP contribution in [0.4, 0.5) is 10.2 Å². The van der Waals surface area contributed by atoms with Crippen molar-refractivity contribution in [2.45, 2.75) is 12.6 Å². The molecule has 2 N–H and O–H groups in total. The molecule has 1 aliphatic heterocycles. The summed E-state index contributed by atoms with van der Waals surface area (Å²) in [5.41, 5.74) is 0.530. The number of hydrogen-bond donors (Lipinski definition) is 2. The lowest BCUT2D eigenvalue weighted by molar-refractivity contribution is -0.118. The first-order valence-electron chi connectivity index (χ1n) is 8.56. The van der Waals surface area contributed by atoms with Crippen molar-refractivity contribution in [2.24, 2.45) is 0 Å². The van der Waals surface area contributed by atoms with Gasteiger partial charge in [0.1, 0.15) is 12.6 Å². The Kier molecular flexibility index (Phi) is 4.71. The van der Waals surface area contributed by atoms with E-state index in [0.29, 0.717) is 12.3 Å². The molecule has 2 amide bonds. The number of carbonyl (C=O) groups excluding carboxylic acids is 2. The van der Waals surface area contributed by atoms with Crippen LogP contribution in [-0.2, 0) is 11.3 Å². The first kappa shape index (κ1) is 17.7. The highest BCUT2D eigenvalue weighted by atomic mass is 19.1.